The minimum atomic E-state index is -0.962. The number of hydrogen-bond donors (Lipinski definition) is 1. The van der Waals surface area contributed by atoms with E-state index in [9.17, 15) is 19.5 Å². The first kappa shape index (κ1) is 18.3. The molecule has 1 aromatic carbocycles. The van der Waals surface area contributed by atoms with Crippen molar-refractivity contribution >= 4 is 23.7 Å². The maximum absolute atomic E-state index is 12.3. The Morgan fingerprint density at radius 1 is 0.840 bits per heavy atom. The number of methoxy groups -OCH3 is 3. The van der Waals surface area contributed by atoms with Crippen LogP contribution < -0.4 is 0 Å². The summed E-state index contributed by atoms with van der Waals surface area (Å²) in [4.78, 5) is 36.8. The summed E-state index contributed by atoms with van der Waals surface area (Å²) in [6, 6.07) is 6.84. The van der Waals surface area contributed by atoms with Crippen molar-refractivity contribution in [2.75, 3.05) is 21.3 Å². The van der Waals surface area contributed by atoms with Crippen LogP contribution in [0.2, 0.25) is 0 Å². The highest BCUT2D eigenvalue weighted by atomic mass is 16.5. The molecule has 0 atom stereocenters. The molecule has 1 aromatic rings. The normalized spacial score (nSPS) is 20.0. The van der Waals surface area contributed by atoms with Gasteiger partial charge in [0.05, 0.1) is 32.5 Å². The van der Waals surface area contributed by atoms with E-state index in [1.165, 1.54) is 7.11 Å². The number of esters is 3. The molecule has 1 aliphatic carbocycles. The van der Waals surface area contributed by atoms with Gasteiger partial charge in [0.15, 0.2) is 0 Å². The second-order valence-corrected chi connectivity index (χ2v) is 5.21. The van der Waals surface area contributed by atoms with Crippen molar-refractivity contribution in [3.05, 3.63) is 52.1 Å². The molecule has 1 N–H and O–H groups in total. The predicted molar refractivity (Wildman–Crippen MR) is 87.4 cm³/mol. The van der Waals surface area contributed by atoms with Crippen molar-refractivity contribution in [1.29, 1.82) is 0 Å². The Kier molecular flexibility index (Phi) is 5.59. The van der Waals surface area contributed by atoms with Gasteiger partial charge in [-0.1, -0.05) is 24.3 Å². The zero-order chi connectivity index (χ0) is 18.6. The maximum Gasteiger partial charge on any atom is 0.342 e. The number of carbonyl (C=O) groups excluding carboxylic acids is 3. The lowest BCUT2D eigenvalue weighted by Crippen LogP contribution is -2.23. The zero-order valence-electron chi connectivity index (χ0n) is 14.1. The van der Waals surface area contributed by atoms with E-state index < -0.39 is 29.2 Å². The van der Waals surface area contributed by atoms with E-state index in [-0.39, 0.29) is 17.6 Å². The molecule has 0 unspecified atom stereocenters. The Hall–Kier alpha value is -3.09. The molecule has 0 saturated heterocycles. The fourth-order valence-electron chi connectivity index (χ4n) is 2.71. The first-order chi connectivity index (χ1) is 12.0. The van der Waals surface area contributed by atoms with Gasteiger partial charge < -0.3 is 19.3 Å². The first-order valence-electron chi connectivity index (χ1n) is 7.46. The largest absolute Gasteiger partial charge is 0.506 e. The van der Waals surface area contributed by atoms with Gasteiger partial charge in [-0.15, -0.1) is 0 Å². The Bertz CT molecular complexity index is 786. The van der Waals surface area contributed by atoms with Gasteiger partial charge >= 0.3 is 17.9 Å². The summed E-state index contributed by atoms with van der Waals surface area (Å²) >= 11 is 0. The maximum atomic E-state index is 12.3. The topological polar surface area (TPSA) is 99.1 Å². The van der Waals surface area contributed by atoms with Gasteiger partial charge in [-0.25, -0.2) is 14.4 Å². The summed E-state index contributed by atoms with van der Waals surface area (Å²) in [6.07, 6.45) is 0.488. The minimum Gasteiger partial charge on any atom is -0.506 e. The molecule has 2 rings (SSSR count). The van der Waals surface area contributed by atoms with Crippen LogP contribution in [0.3, 0.4) is 0 Å². The minimum absolute atomic E-state index is 0.0594. The number of hydrogen-bond acceptors (Lipinski definition) is 7. The second kappa shape index (κ2) is 7.65. The molecular weight excluding hydrogens is 328 g/mol. The van der Waals surface area contributed by atoms with E-state index in [1.807, 2.05) is 0 Å². The standard InChI is InChI=1S/C18H18O7/c1-23-16(20)12-9-8-10-6-4-5-7-11(10)15(19)14(18(22)25-3)13(12)17(21)24-2/h4-7,19H,8-9H2,1-3H3/b13-12-,15-14-. The number of benzene rings is 1. The molecule has 0 bridgehead atoms. The van der Waals surface area contributed by atoms with Gasteiger partial charge in [0.2, 0.25) is 0 Å². The van der Waals surface area contributed by atoms with Gasteiger partial charge in [-0.3, -0.25) is 0 Å². The third kappa shape index (κ3) is 3.40. The van der Waals surface area contributed by atoms with Crippen LogP contribution in [0.1, 0.15) is 17.5 Å². The highest BCUT2D eigenvalue weighted by Gasteiger charge is 2.34. The molecule has 1 aliphatic rings. The molecule has 0 saturated carbocycles. The van der Waals surface area contributed by atoms with Gasteiger partial charge in [-0.05, 0) is 18.4 Å². The third-order valence-electron chi connectivity index (χ3n) is 3.92. The zero-order valence-corrected chi connectivity index (χ0v) is 14.1. The number of aliphatic hydroxyl groups excluding tert-OH is 1. The van der Waals surface area contributed by atoms with Gasteiger partial charge in [0.25, 0.3) is 0 Å². The van der Waals surface area contributed by atoms with E-state index in [1.54, 1.807) is 24.3 Å². The second-order valence-electron chi connectivity index (χ2n) is 5.21. The number of carbonyl (C=O) groups is 3. The lowest BCUT2D eigenvalue weighted by Gasteiger charge is -2.20. The molecule has 25 heavy (non-hydrogen) atoms. The van der Waals surface area contributed by atoms with E-state index in [0.717, 1.165) is 14.2 Å². The summed E-state index contributed by atoms with van der Waals surface area (Å²) in [5.41, 5.74) is 0.255. The van der Waals surface area contributed by atoms with Crippen LogP contribution in [0.25, 0.3) is 5.76 Å². The molecule has 0 fully saturated rings. The Morgan fingerprint density at radius 3 is 2.00 bits per heavy atom. The van der Waals surface area contributed by atoms with Crippen LogP contribution in [-0.4, -0.2) is 44.3 Å². The number of rotatable bonds is 3. The summed E-state index contributed by atoms with van der Waals surface area (Å²) < 4.78 is 14.2. The van der Waals surface area contributed by atoms with Gasteiger partial charge in [-0.2, -0.15) is 0 Å². The molecule has 0 radical (unpaired) electrons. The van der Waals surface area contributed by atoms with Crippen molar-refractivity contribution in [1.82, 2.24) is 0 Å². The van der Waals surface area contributed by atoms with Crippen LogP contribution in [0, 0.1) is 0 Å². The van der Waals surface area contributed by atoms with Gasteiger partial charge in [0.1, 0.15) is 11.3 Å². The third-order valence-corrected chi connectivity index (χ3v) is 3.92. The highest BCUT2D eigenvalue weighted by molar-refractivity contribution is 6.15. The highest BCUT2D eigenvalue weighted by Crippen LogP contribution is 2.33. The SMILES string of the molecule is COC(=O)/C1=C(C(=O)OC)/C(C(=O)OC)=C(/O)c2ccccc2CC1. The number of aryl methyl sites for hydroxylation is 1. The van der Waals surface area contributed by atoms with Crippen LogP contribution >= 0.6 is 0 Å². The summed E-state index contributed by atoms with van der Waals surface area (Å²) in [5, 5.41) is 10.7. The monoisotopic (exact) mass is 346 g/mol. The Labute approximate surface area is 144 Å². The number of fused-ring (bicyclic) bond motifs is 1. The summed E-state index contributed by atoms with van der Waals surface area (Å²) in [7, 11) is 3.39. The Morgan fingerprint density at radius 2 is 1.40 bits per heavy atom. The first-order valence-corrected chi connectivity index (χ1v) is 7.46. The number of aliphatic hydroxyl groups is 1. The van der Waals surface area contributed by atoms with Crippen LogP contribution in [0.15, 0.2) is 41.0 Å². The van der Waals surface area contributed by atoms with E-state index >= 15 is 0 Å². The average molecular weight is 346 g/mol. The quantitative estimate of drug-likeness (QED) is 0.657. The molecule has 0 heterocycles. The van der Waals surface area contributed by atoms with Gasteiger partial charge in [0, 0.05) is 5.56 Å². The number of ether oxygens (including phenoxy) is 3. The fraction of sp³-hybridized carbons (Fsp3) is 0.278. The molecule has 0 spiro atoms. The van der Waals surface area contributed by atoms with E-state index in [0.29, 0.717) is 17.5 Å². The predicted octanol–water partition coefficient (Wildman–Crippen LogP) is 1.72. The van der Waals surface area contributed by atoms with Crippen LogP contribution in [0.5, 0.6) is 0 Å². The van der Waals surface area contributed by atoms with E-state index in [4.69, 9.17) is 14.2 Å². The molecule has 0 aromatic heterocycles. The molecule has 0 aliphatic heterocycles. The smallest absolute Gasteiger partial charge is 0.342 e. The summed E-state index contributed by atoms with van der Waals surface area (Å²) in [5.74, 6) is -3.14. The summed E-state index contributed by atoms with van der Waals surface area (Å²) in [6.45, 7) is 0. The Balaban J connectivity index is 2.89. The van der Waals surface area contributed by atoms with Crippen molar-refractivity contribution in [2.24, 2.45) is 0 Å². The average Bonchev–Trinajstić information content (AvgIpc) is 2.64. The molecule has 7 nitrogen and oxygen atoms in total. The molecular formula is C18H18O7. The van der Waals surface area contributed by atoms with Crippen LogP contribution in [0.4, 0.5) is 0 Å². The lowest BCUT2D eigenvalue weighted by atomic mass is 9.87. The lowest BCUT2D eigenvalue weighted by molar-refractivity contribution is -0.140. The van der Waals surface area contributed by atoms with Crippen molar-refractivity contribution in [2.45, 2.75) is 12.8 Å². The van der Waals surface area contributed by atoms with Crippen molar-refractivity contribution in [3.63, 3.8) is 0 Å². The molecule has 7 heteroatoms. The van der Waals surface area contributed by atoms with Crippen LogP contribution in [-0.2, 0) is 35.0 Å². The molecule has 0 amide bonds. The molecule has 132 valence electrons. The van der Waals surface area contributed by atoms with Crippen molar-refractivity contribution < 1.29 is 33.7 Å². The fourth-order valence-corrected chi connectivity index (χ4v) is 2.71. The van der Waals surface area contributed by atoms with Crippen molar-refractivity contribution in [3.8, 4) is 0 Å². The van der Waals surface area contributed by atoms with E-state index in [2.05, 4.69) is 0 Å².